The first-order valence-electron chi connectivity index (χ1n) is 7.98. The number of anilines is 1. The second kappa shape index (κ2) is 6.53. The predicted molar refractivity (Wildman–Crippen MR) is 92.5 cm³/mol. The van der Waals surface area contributed by atoms with Gasteiger partial charge in [-0.15, -0.1) is 0 Å². The molecule has 2 aromatic rings. The third-order valence-corrected chi connectivity index (χ3v) is 4.80. The largest absolute Gasteiger partial charge is 0.344 e. The Morgan fingerprint density at radius 3 is 2.52 bits per heavy atom. The van der Waals surface area contributed by atoms with Gasteiger partial charge in [-0.3, -0.25) is 4.90 Å². The first-order chi connectivity index (χ1) is 10.9. The van der Waals surface area contributed by atoms with Gasteiger partial charge in [0.05, 0.1) is 0 Å². The molecule has 124 valence electrons. The third-order valence-electron chi connectivity index (χ3n) is 4.02. The van der Waals surface area contributed by atoms with E-state index in [0.717, 1.165) is 49.2 Å². The third kappa shape index (κ3) is 4.06. The van der Waals surface area contributed by atoms with Crippen LogP contribution in [0.4, 0.5) is 9.52 Å². The maximum absolute atomic E-state index is 13.3. The van der Waals surface area contributed by atoms with E-state index in [-0.39, 0.29) is 11.2 Å². The van der Waals surface area contributed by atoms with Crippen LogP contribution in [0.1, 0.15) is 32.2 Å². The summed E-state index contributed by atoms with van der Waals surface area (Å²) in [6, 6.07) is 6.86. The highest BCUT2D eigenvalue weighted by molar-refractivity contribution is 7.09. The molecular weight excluding hydrogens is 311 g/mol. The first-order valence-corrected chi connectivity index (χ1v) is 8.75. The van der Waals surface area contributed by atoms with E-state index in [4.69, 9.17) is 4.98 Å². The van der Waals surface area contributed by atoms with Crippen LogP contribution in [-0.4, -0.2) is 40.4 Å². The number of hydrogen-bond donors (Lipinski definition) is 0. The van der Waals surface area contributed by atoms with E-state index in [9.17, 15) is 4.39 Å². The molecule has 1 saturated heterocycles. The summed E-state index contributed by atoms with van der Waals surface area (Å²) in [6.07, 6.45) is 0. The van der Waals surface area contributed by atoms with Crippen LogP contribution in [0.25, 0.3) is 0 Å². The van der Waals surface area contributed by atoms with Crippen molar-refractivity contribution in [2.24, 2.45) is 0 Å². The van der Waals surface area contributed by atoms with Gasteiger partial charge in [-0.2, -0.15) is 4.37 Å². The standard InChI is InChI=1S/C17H23FN4S/c1-17(2,3)15-19-16(23-20-15)22-9-7-21(8-10-22)12-13-5-4-6-14(18)11-13/h4-6,11H,7-10,12H2,1-3H3. The number of rotatable bonds is 3. The molecule has 0 atom stereocenters. The van der Waals surface area contributed by atoms with Crippen LogP contribution in [0.15, 0.2) is 24.3 Å². The smallest absolute Gasteiger partial charge is 0.205 e. The van der Waals surface area contributed by atoms with Crippen molar-refractivity contribution in [2.75, 3.05) is 31.1 Å². The highest BCUT2D eigenvalue weighted by atomic mass is 32.1. The van der Waals surface area contributed by atoms with Crippen molar-refractivity contribution >= 4 is 16.7 Å². The fourth-order valence-corrected chi connectivity index (χ4v) is 3.55. The molecule has 23 heavy (non-hydrogen) atoms. The number of hydrogen-bond acceptors (Lipinski definition) is 5. The van der Waals surface area contributed by atoms with Crippen molar-refractivity contribution in [1.29, 1.82) is 0 Å². The van der Waals surface area contributed by atoms with E-state index < -0.39 is 0 Å². The van der Waals surface area contributed by atoms with Crippen molar-refractivity contribution in [3.8, 4) is 0 Å². The normalized spacial score (nSPS) is 16.8. The van der Waals surface area contributed by atoms with Gasteiger partial charge >= 0.3 is 0 Å². The molecule has 6 heteroatoms. The van der Waals surface area contributed by atoms with Crippen molar-refractivity contribution in [1.82, 2.24) is 14.3 Å². The average Bonchev–Trinajstić information content (AvgIpc) is 2.98. The van der Waals surface area contributed by atoms with Crippen molar-refractivity contribution in [3.05, 3.63) is 41.5 Å². The molecule has 1 aromatic carbocycles. The van der Waals surface area contributed by atoms with E-state index in [1.807, 2.05) is 6.07 Å². The highest BCUT2D eigenvalue weighted by Crippen LogP contribution is 2.26. The fraction of sp³-hybridized carbons (Fsp3) is 0.529. The second-order valence-corrected chi connectivity index (χ2v) is 7.77. The van der Waals surface area contributed by atoms with Gasteiger partial charge in [0.2, 0.25) is 5.13 Å². The van der Waals surface area contributed by atoms with Crippen molar-refractivity contribution in [3.63, 3.8) is 0 Å². The molecule has 0 amide bonds. The van der Waals surface area contributed by atoms with Crippen LogP contribution in [0.3, 0.4) is 0 Å². The molecule has 0 saturated carbocycles. The zero-order chi connectivity index (χ0) is 16.4. The fourth-order valence-electron chi connectivity index (χ4n) is 2.64. The summed E-state index contributed by atoms with van der Waals surface area (Å²) in [5.74, 6) is 0.754. The van der Waals surface area contributed by atoms with E-state index in [0.29, 0.717) is 0 Å². The zero-order valence-electron chi connectivity index (χ0n) is 13.9. The molecular formula is C17H23FN4S. The Labute approximate surface area is 141 Å². The molecule has 4 nitrogen and oxygen atoms in total. The molecule has 0 aliphatic carbocycles. The van der Waals surface area contributed by atoms with Gasteiger partial charge in [-0.25, -0.2) is 9.37 Å². The molecule has 1 fully saturated rings. The van der Waals surface area contributed by atoms with Crippen molar-refractivity contribution < 1.29 is 4.39 Å². The van der Waals surface area contributed by atoms with Gasteiger partial charge in [-0.05, 0) is 17.7 Å². The van der Waals surface area contributed by atoms with Gasteiger partial charge in [0.25, 0.3) is 0 Å². The van der Waals surface area contributed by atoms with Gasteiger partial charge in [0.15, 0.2) is 0 Å². The Morgan fingerprint density at radius 2 is 1.91 bits per heavy atom. The molecule has 0 radical (unpaired) electrons. The van der Waals surface area contributed by atoms with Crippen LogP contribution in [0.2, 0.25) is 0 Å². The van der Waals surface area contributed by atoms with Crippen molar-refractivity contribution in [2.45, 2.75) is 32.7 Å². The topological polar surface area (TPSA) is 32.3 Å². The Kier molecular flexibility index (Phi) is 4.64. The Hall–Kier alpha value is -1.53. The maximum Gasteiger partial charge on any atom is 0.205 e. The molecule has 2 heterocycles. The van der Waals surface area contributed by atoms with E-state index >= 15 is 0 Å². The highest BCUT2D eigenvalue weighted by Gasteiger charge is 2.24. The molecule has 0 unspecified atom stereocenters. The SMILES string of the molecule is CC(C)(C)c1nsc(N2CCN(Cc3cccc(F)c3)CC2)n1. The second-order valence-electron chi connectivity index (χ2n) is 7.04. The lowest BCUT2D eigenvalue weighted by Gasteiger charge is -2.34. The summed E-state index contributed by atoms with van der Waals surface area (Å²) in [5.41, 5.74) is 1.03. The first kappa shape index (κ1) is 16.3. The van der Waals surface area contributed by atoms with Crippen LogP contribution in [-0.2, 0) is 12.0 Å². The van der Waals surface area contributed by atoms with Crippen LogP contribution in [0, 0.1) is 5.82 Å². The minimum atomic E-state index is -0.162. The van der Waals surface area contributed by atoms with Gasteiger partial charge in [0, 0.05) is 49.7 Å². The average molecular weight is 334 g/mol. The van der Waals surface area contributed by atoms with Crippen LogP contribution < -0.4 is 4.90 Å². The van der Waals surface area contributed by atoms with E-state index in [1.54, 1.807) is 12.1 Å². The summed E-state index contributed by atoms with van der Waals surface area (Å²) >= 11 is 1.49. The quantitative estimate of drug-likeness (QED) is 0.862. The molecule has 1 aliphatic rings. The predicted octanol–water partition coefficient (Wildman–Crippen LogP) is 3.30. The Balaban J connectivity index is 1.57. The number of nitrogens with zero attached hydrogens (tertiary/aromatic N) is 4. The Morgan fingerprint density at radius 1 is 1.17 bits per heavy atom. The van der Waals surface area contributed by atoms with E-state index in [1.165, 1.54) is 17.6 Å². The van der Waals surface area contributed by atoms with Gasteiger partial charge in [0.1, 0.15) is 11.6 Å². The minimum Gasteiger partial charge on any atom is -0.344 e. The Bertz CT molecular complexity index is 657. The lowest BCUT2D eigenvalue weighted by Crippen LogP contribution is -2.46. The lowest BCUT2D eigenvalue weighted by molar-refractivity contribution is 0.249. The number of aromatic nitrogens is 2. The zero-order valence-corrected chi connectivity index (χ0v) is 14.7. The molecule has 0 N–H and O–H groups in total. The molecule has 1 aromatic heterocycles. The molecule has 3 rings (SSSR count). The summed E-state index contributed by atoms with van der Waals surface area (Å²) in [4.78, 5) is 9.35. The number of benzene rings is 1. The minimum absolute atomic E-state index is 0.00600. The summed E-state index contributed by atoms with van der Waals surface area (Å²) in [5, 5.41) is 1.01. The maximum atomic E-state index is 13.3. The molecule has 0 spiro atoms. The van der Waals surface area contributed by atoms with Gasteiger partial charge in [-0.1, -0.05) is 32.9 Å². The van der Waals surface area contributed by atoms with E-state index in [2.05, 4.69) is 34.9 Å². The summed E-state index contributed by atoms with van der Waals surface area (Å²) in [7, 11) is 0. The van der Waals surface area contributed by atoms with Crippen LogP contribution >= 0.6 is 11.5 Å². The molecule has 1 aliphatic heterocycles. The summed E-state index contributed by atoms with van der Waals surface area (Å²) in [6.45, 7) is 11.0. The number of halogens is 1. The van der Waals surface area contributed by atoms with Gasteiger partial charge < -0.3 is 4.90 Å². The van der Waals surface area contributed by atoms with Crippen LogP contribution in [0.5, 0.6) is 0 Å². The number of piperazine rings is 1. The lowest BCUT2D eigenvalue weighted by atomic mass is 9.96. The monoisotopic (exact) mass is 334 g/mol. The molecule has 0 bridgehead atoms. The summed E-state index contributed by atoms with van der Waals surface area (Å²) < 4.78 is 17.8.